The molecule has 0 aromatic carbocycles. The summed E-state index contributed by atoms with van der Waals surface area (Å²) in [5.41, 5.74) is 0. The highest BCUT2D eigenvalue weighted by Gasteiger charge is 2.30. The molecule has 3 fully saturated rings. The van der Waals surface area contributed by atoms with Gasteiger partial charge >= 0.3 is 0 Å². The van der Waals surface area contributed by atoms with Crippen molar-refractivity contribution >= 4 is 11.8 Å². The lowest BCUT2D eigenvalue weighted by Gasteiger charge is -2.30. The molecule has 1 saturated carbocycles. The quantitative estimate of drug-likeness (QED) is 0.790. The Hall–Kier alpha value is -1.10. The van der Waals surface area contributed by atoms with Gasteiger partial charge in [0, 0.05) is 45.7 Å². The highest BCUT2D eigenvalue weighted by atomic mass is 16.2. The van der Waals surface area contributed by atoms with Gasteiger partial charge in [-0.3, -0.25) is 14.5 Å². The van der Waals surface area contributed by atoms with E-state index in [1.807, 2.05) is 16.7 Å². The van der Waals surface area contributed by atoms with Crippen molar-refractivity contribution < 1.29 is 9.59 Å². The summed E-state index contributed by atoms with van der Waals surface area (Å²) in [7, 11) is 0. The molecule has 1 aliphatic carbocycles. The Bertz CT molecular complexity index is 442. The Kier molecular flexibility index (Phi) is 6.14. The van der Waals surface area contributed by atoms with Crippen LogP contribution in [0, 0.1) is 5.92 Å². The third-order valence-electron chi connectivity index (χ3n) is 6.14. The summed E-state index contributed by atoms with van der Waals surface area (Å²) >= 11 is 0. The smallest absolute Gasteiger partial charge is 0.239 e. The van der Waals surface area contributed by atoms with E-state index in [2.05, 4.69) is 4.90 Å². The van der Waals surface area contributed by atoms with Crippen LogP contribution in [0.2, 0.25) is 0 Å². The number of likely N-dealkylation sites (tertiary alicyclic amines) is 1. The molecule has 0 N–H and O–H groups in total. The molecule has 24 heavy (non-hydrogen) atoms. The van der Waals surface area contributed by atoms with Gasteiger partial charge in [-0.2, -0.15) is 0 Å². The first kappa shape index (κ1) is 17.7. The molecule has 2 heterocycles. The van der Waals surface area contributed by atoms with E-state index in [9.17, 15) is 9.59 Å². The maximum absolute atomic E-state index is 12.6. The minimum absolute atomic E-state index is 0.0482. The first-order valence-corrected chi connectivity index (χ1v) is 9.96. The van der Waals surface area contributed by atoms with Gasteiger partial charge in [0.2, 0.25) is 11.8 Å². The summed E-state index contributed by atoms with van der Waals surface area (Å²) in [5, 5.41) is 0. The molecule has 3 rings (SSSR count). The molecule has 2 saturated heterocycles. The third-order valence-corrected chi connectivity index (χ3v) is 6.14. The second-order valence-electron chi connectivity index (χ2n) is 7.83. The molecule has 0 aromatic heterocycles. The summed E-state index contributed by atoms with van der Waals surface area (Å²) < 4.78 is 0. The van der Waals surface area contributed by atoms with E-state index in [0.717, 1.165) is 65.0 Å². The molecule has 2 amide bonds. The van der Waals surface area contributed by atoms with Gasteiger partial charge in [0.1, 0.15) is 0 Å². The zero-order valence-electron chi connectivity index (χ0n) is 15.2. The van der Waals surface area contributed by atoms with Gasteiger partial charge in [-0.1, -0.05) is 12.8 Å². The SMILES string of the molecule is C[C@H](C(=O)N1CCCC1)N1CCCN(C(=O)CC2CCCC2)CC1. The van der Waals surface area contributed by atoms with E-state index in [4.69, 9.17) is 0 Å². The van der Waals surface area contributed by atoms with Gasteiger partial charge in [-0.25, -0.2) is 0 Å². The van der Waals surface area contributed by atoms with Gasteiger partial charge in [-0.05, 0) is 44.9 Å². The van der Waals surface area contributed by atoms with Crippen molar-refractivity contribution in [2.24, 2.45) is 5.92 Å². The average molecular weight is 335 g/mol. The molecule has 0 aromatic rings. The number of carbonyl (C=O) groups is 2. The maximum Gasteiger partial charge on any atom is 0.239 e. The van der Waals surface area contributed by atoms with Crippen molar-refractivity contribution in [3.63, 3.8) is 0 Å². The Morgan fingerprint density at radius 3 is 2.21 bits per heavy atom. The highest BCUT2D eigenvalue weighted by molar-refractivity contribution is 5.81. The number of hydrogen-bond acceptors (Lipinski definition) is 3. The zero-order valence-corrected chi connectivity index (χ0v) is 15.2. The van der Waals surface area contributed by atoms with Crippen LogP contribution in [0.5, 0.6) is 0 Å². The summed E-state index contributed by atoms with van der Waals surface area (Å²) in [4.78, 5) is 31.5. The molecular weight excluding hydrogens is 302 g/mol. The van der Waals surface area contributed by atoms with Crippen LogP contribution in [0.3, 0.4) is 0 Å². The first-order valence-electron chi connectivity index (χ1n) is 9.96. The number of amides is 2. The van der Waals surface area contributed by atoms with Gasteiger partial charge in [-0.15, -0.1) is 0 Å². The molecule has 2 aliphatic heterocycles. The predicted molar refractivity (Wildman–Crippen MR) is 94.6 cm³/mol. The molecule has 5 nitrogen and oxygen atoms in total. The Balaban J connectivity index is 1.48. The lowest BCUT2D eigenvalue weighted by atomic mass is 10.0. The fraction of sp³-hybridized carbons (Fsp3) is 0.895. The Morgan fingerprint density at radius 1 is 0.833 bits per heavy atom. The molecule has 0 bridgehead atoms. The summed E-state index contributed by atoms with van der Waals surface area (Å²) in [6, 6.07) is -0.0482. The largest absolute Gasteiger partial charge is 0.341 e. The zero-order chi connectivity index (χ0) is 16.9. The summed E-state index contributed by atoms with van der Waals surface area (Å²) in [5.74, 6) is 1.23. The molecule has 5 heteroatoms. The van der Waals surface area contributed by atoms with Crippen LogP contribution in [0.15, 0.2) is 0 Å². The maximum atomic E-state index is 12.6. The minimum Gasteiger partial charge on any atom is -0.341 e. The molecule has 0 unspecified atom stereocenters. The van der Waals surface area contributed by atoms with Gasteiger partial charge in [0.15, 0.2) is 0 Å². The van der Waals surface area contributed by atoms with E-state index in [1.54, 1.807) is 0 Å². The lowest BCUT2D eigenvalue weighted by Crippen LogP contribution is -2.47. The number of rotatable bonds is 4. The second kappa shape index (κ2) is 8.32. The lowest BCUT2D eigenvalue weighted by molar-refractivity contribution is -0.135. The average Bonchev–Trinajstić information content (AvgIpc) is 3.23. The van der Waals surface area contributed by atoms with E-state index < -0.39 is 0 Å². The van der Waals surface area contributed by atoms with E-state index >= 15 is 0 Å². The first-order chi connectivity index (χ1) is 11.6. The van der Waals surface area contributed by atoms with E-state index in [0.29, 0.717) is 11.8 Å². The van der Waals surface area contributed by atoms with Gasteiger partial charge in [0.05, 0.1) is 6.04 Å². The Labute approximate surface area is 146 Å². The predicted octanol–water partition coefficient (Wildman–Crippen LogP) is 2.11. The van der Waals surface area contributed by atoms with Crippen LogP contribution in [-0.4, -0.2) is 71.8 Å². The van der Waals surface area contributed by atoms with Crippen molar-refractivity contribution in [3.05, 3.63) is 0 Å². The van der Waals surface area contributed by atoms with Crippen LogP contribution in [0.1, 0.15) is 58.3 Å². The van der Waals surface area contributed by atoms with Gasteiger partial charge < -0.3 is 9.80 Å². The monoisotopic (exact) mass is 335 g/mol. The molecular formula is C19H33N3O2. The van der Waals surface area contributed by atoms with Crippen LogP contribution < -0.4 is 0 Å². The van der Waals surface area contributed by atoms with Crippen molar-refractivity contribution in [1.82, 2.24) is 14.7 Å². The molecule has 1 atom stereocenters. The molecule has 3 aliphatic rings. The summed E-state index contributed by atoms with van der Waals surface area (Å²) in [6.45, 7) is 7.27. The second-order valence-corrected chi connectivity index (χ2v) is 7.83. The highest BCUT2D eigenvalue weighted by Crippen LogP contribution is 2.28. The third kappa shape index (κ3) is 4.29. The van der Waals surface area contributed by atoms with Crippen LogP contribution in [0.4, 0.5) is 0 Å². The van der Waals surface area contributed by atoms with Crippen molar-refractivity contribution in [3.8, 4) is 0 Å². The fourth-order valence-electron chi connectivity index (χ4n) is 4.52. The van der Waals surface area contributed by atoms with Crippen molar-refractivity contribution in [2.45, 2.75) is 64.3 Å². The van der Waals surface area contributed by atoms with Crippen molar-refractivity contribution in [2.75, 3.05) is 39.3 Å². The fourth-order valence-corrected chi connectivity index (χ4v) is 4.52. The number of carbonyl (C=O) groups excluding carboxylic acids is 2. The standard InChI is InChI=1S/C19H33N3O2/c1-16(19(24)22-9-4-5-10-22)20-11-6-12-21(14-13-20)18(23)15-17-7-2-3-8-17/h16-17H,2-15H2,1H3/t16-/m1/s1. The van der Waals surface area contributed by atoms with E-state index in [1.165, 1.54) is 25.7 Å². The summed E-state index contributed by atoms with van der Waals surface area (Å²) in [6.07, 6.45) is 9.05. The Morgan fingerprint density at radius 2 is 1.50 bits per heavy atom. The van der Waals surface area contributed by atoms with Gasteiger partial charge in [0.25, 0.3) is 0 Å². The van der Waals surface area contributed by atoms with Crippen molar-refractivity contribution in [1.29, 1.82) is 0 Å². The minimum atomic E-state index is -0.0482. The molecule has 0 radical (unpaired) electrons. The number of hydrogen-bond donors (Lipinski definition) is 0. The number of nitrogens with zero attached hydrogens (tertiary/aromatic N) is 3. The van der Waals surface area contributed by atoms with Crippen LogP contribution >= 0.6 is 0 Å². The molecule has 136 valence electrons. The normalized spacial score (nSPS) is 25.0. The van der Waals surface area contributed by atoms with Crippen LogP contribution in [0.25, 0.3) is 0 Å². The van der Waals surface area contributed by atoms with E-state index in [-0.39, 0.29) is 11.9 Å². The molecule has 0 spiro atoms. The van der Waals surface area contributed by atoms with Crippen LogP contribution in [-0.2, 0) is 9.59 Å². The topological polar surface area (TPSA) is 43.9 Å².